The van der Waals surface area contributed by atoms with Crippen molar-refractivity contribution in [1.29, 1.82) is 0 Å². The Morgan fingerprint density at radius 2 is 2.45 bits per heavy atom. The first-order valence-electron chi connectivity index (χ1n) is 3.36. The number of hydrogen-bond acceptors (Lipinski definition) is 2. The zero-order chi connectivity index (χ0) is 7.84. The van der Waals surface area contributed by atoms with Crippen LogP contribution in [0.5, 0.6) is 0 Å². The lowest BCUT2D eigenvalue weighted by atomic mass is 10.2. The van der Waals surface area contributed by atoms with Gasteiger partial charge in [0.15, 0.2) is 0 Å². The van der Waals surface area contributed by atoms with Gasteiger partial charge in [0, 0.05) is 18.3 Å². The molecule has 1 aromatic rings. The summed E-state index contributed by atoms with van der Waals surface area (Å²) in [5.41, 5.74) is 1.13. The Balaban J connectivity index is 2.62. The van der Waals surface area contributed by atoms with Gasteiger partial charge in [0.05, 0.1) is 9.50 Å². The second-order valence-corrected chi connectivity index (χ2v) is 3.66. The van der Waals surface area contributed by atoms with Crippen LogP contribution in [0.2, 0.25) is 5.02 Å². The van der Waals surface area contributed by atoms with Gasteiger partial charge in [0.2, 0.25) is 0 Å². The predicted molar refractivity (Wildman–Crippen MR) is 49.1 cm³/mol. The Hall–Kier alpha value is -0.280. The molecule has 2 heterocycles. The molecule has 0 bridgehead atoms. The zero-order valence-corrected chi connectivity index (χ0v) is 8.04. The zero-order valence-electron chi connectivity index (χ0n) is 5.69. The molecule has 1 N–H and O–H groups in total. The quantitative estimate of drug-likeness (QED) is 0.745. The van der Waals surface area contributed by atoms with Crippen molar-refractivity contribution in [3.8, 4) is 0 Å². The Morgan fingerprint density at radius 3 is 3.27 bits per heavy atom. The smallest absolute Gasteiger partial charge is 0.130 e. The van der Waals surface area contributed by atoms with Crippen LogP contribution in [0.3, 0.4) is 0 Å². The van der Waals surface area contributed by atoms with Gasteiger partial charge in [0.25, 0.3) is 0 Å². The van der Waals surface area contributed by atoms with Crippen LogP contribution in [0.4, 0.5) is 5.82 Å². The molecule has 11 heavy (non-hydrogen) atoms. The standard InChI is InChI=1S/C7H6BrClN2/c8-5-3-11-7-4(6(5)9)1-2-10-7/h3H,1-2H2,(H,10,11). The van der Waals surface area contributed by atoms with Crippen molar-refractivity contribution in [2.24, 2.45) is 0 Å². The SMILES string of the molecule is Clc1c(Br)cnc2c1CCN2. The Kier molecular flexibility index (Phi) is 1.77. The predicted octanol–water partition coefficient (Wildman–Crippen LogP) is 2.47. The van der Waals surface area contributed by atoms with E-state index in [4.69, 9.17) is 11.6 Å². The highest BCUT2D eigenvalue weighted by Crippen LogP contribution is 2.32. The third kappa shape index (κ3) is 1.12. The highest BCUT2D eigenvalue weighted by atomic mass is 79.9. The number of aromatic nitrogens is 1. The summed E-state index contributed by atoms with van der Waals surface area (Å²) in [5.74, 6) is 0.929. The average molecular weight is 233 g/mol. The molecule has 1 aliphatic rings. The molecule has 0 atom stereocenters. The van der Waals surface area contributed by atoms with Gasteiger partial charge >= 0.3 is 0 Å². The monoisotopic (exact) mass is 232 g/mol. The van der Waals surface area contributed by atoms with E-state index in [1.165, 1.54) is 0 Å². The Morgan fingerprint density at radius 1 is 1.64 bits per heavy atom. The number of rotatable bonds is 0. The van der Waals surface area contributed by atoms with Crippen molar-refractivity contribution < 1.29 is 0 Å². The third-order valence-electron chi connectivity index (χ3n) is 1.73. The van der Waals surface area contributed by atoms with E-state index in [-0.39, 0.29) is 0 Å². The first-order valence-corrected chi connectivity index (χ1v) is 4.53. The van der Waals surface area contributed by atoms with E-state index in [1.807, 2.05) is 0 Å². The minimum absolute atomic E-state index is 0.792. The van der Waals surface area contributed by atoms with E-state index in [0.717, 1.165) is 33.8 Å². The highest BCUT2D eigenvalue weighted by Gasteiger charge is 2.16. The van der Waals surface area contributed by atoms with Crippen LogP contribution in [0.1, 0.15) is 5.56 Å². The Bertz CT molecular complexity index is 301. The molecule has 0 saturated heterocycles. The van der Waals surface area contributed by atoms with Gasteiger partial charge < -0.3 is 5.32 Å². The number of nitrogens with one attached hydrogen (secondary N) is 1. The molecular formula is C7H6BrClN2. The number of fused-ring (bicyclic) bond motifs is 1. The van der Waals surface area contributed by atoms with E-state index in [0.29, 0.717) is 0 Å². The van der Waals surface area contributed by atoms with Gasteiger partial charge in [-0.3, -0.25) is 0 Å². The summed E-state index contributed by atoms with van der Waals surface area (Å²) in [6.45, 7) is 0.943. The van der Waals surface area contributed by atoms with Crippen molar-refractivity contribution >= 4 is 33.3 Å². The first-order chi connectivity index (χ1) is 5.29. The first kappa shape index (κ1) is 7.37. The van der Waals surface area contributed by atoms with Crippen molar-refractivity contribution in [3.63, 3.8) is 0 Å². The molecule has 0 amide bonds. The molecule has 4 heteroatoms. The maximum atomic E-state index is 6.01. The van der Waals surface area contributed by atoms with Gasteiger partial charge in [0.1, 0.15) is 5.82 Å². The van der Waals surface area contributed by atoms with Gasteiger partial charge in [-0.15, -0.1) is 0 Å². The van der Waals surface area contributed by atoms with E-state index >= 15 is 0 Å². The van der Waals surface area contributed by atoms with E-state index in [1.54, 1.807) is 6.20 Å². The lowest BCUT2D eigenvalue weighted by Crippen LogP contribution is -1.92. The third-order valence-corrected chi connectivity index (χ3v) is 3.00. The summed E-state index contributed by atoms with van der Waals surface area (Å²) < 4.78 is 0.876. The van der Waals surface area contributed by atoms with Gasteiger partial charge in [-0.25, -0.2) is 4.98 Å². The minimum Gasteiger partial charge on any atom is -0.369 e. The molecule has 1 aliphatic heterocycles. The van der Waals surface area contributed by atoms with E-state index < -0.39 is 0 Å². The summed E-state index contributed by atoms with van der Waals surface area (Å²) in [6.07, 6.45) is 2.69. The fraction of sp³-hybridized carbons (Fsp3) is 0.286. The molecule has 0 aromatic carbocycles. The molecule has 2 nitrogen and oxygen atoms in total. The maximum absolute atomic E-state index is 6.01. The summed E-state index contributed by atoms with van der Waals surface area (Å²) >= 11 is 9.34. The molecule has 0 aliphatic carbocycles. The molecule has 1 aromatic heterocycles. The lowest BCUT2D eigenvalue weighted by molar-refractivity contribution is 1.10. The minimum atomic E-state index is 0.792. The fourth-order valence-electron chi connectivity index (χ4n) is 1.19. The van der Waals surface area contributed by atoms with Crippen molar-refractivity contribution in [2.75, 3.05) is 11.9 Å². The summed E-state index contributed by atoms with van der Waals surface area (Å²) in [6, 6.07) is 0. The fourth-order valence-corrected chi connectivity index (χ4v) is 1.76. The summed E-state index contributed by atoms with van der Waals surface area (Å²) in [4.78, 5) is 4.18. The number of nitrogens with zero attached hydrogens (tertiary/aromatic N) is 1. The van der Waals surface area contributed by atoms with Gasteiger partial charge in [-0.05, 0) is 22.4 Å². The topological polar surface area (TPSA) is 24.9 Å². The summed E-state index contributed by atoms with van der Waals surface area (Å²) in [5, 5.41) is 3.94. The van der Waals surface area contributed by atoms with Crippen molar-refractivity contribution in [1.82, 2.24) is 4.98 Å². The van der Waals surface area contributed by atoms with Gasteiger partial charge in [-0.2, -0.15) is 0 Å². The molecule has 0 saturated carbocycles. The number of pyridine rings is 1. The van der Waals surface area contributed by atoms with E-state index in [2.05, 4.69) is 26.2 Å². The molecular weight excluding hydrogens is 227 g/mol. The van der Waals surface area contributed by atoms with E-state index in [9.17, 15) is 0 Å². The van der Waals surface area contributed by atoms with Crippen LogP contribution < -0.4 is 5.32 Å². The normalized spacial score (nSPS) is 14.4. The van der Waals surface area contributed by atoms with Crippen LogP contribution in [-0.4, -0.2) is 11.5 Å². The van der Waals surface area contributed by atoms with Crippen LogP contribution in [0, 0.1) is 0 Å². The molecule has 0 radical (unpaired) electrons. The average Bonchev–Trinajstić information content (AvgIpc) is 2.45. The van der Waals surface area contributed by atoms with Crippen LogP contribution in [0.25, 0.3) is 0 Å². The molecule has 0 fully saturated rings. The van der Waals surface area contributed by atoms with Crippen molar-refractivity contribution in [3.05, 3.63) is 21.3 Å². The van der Waals surface area contributed by atoms with Crippen LogP contribution in [0.15, 0.2) is 10.7 Å². The lowest BCUT2D eigenvalue weighted by Gasteiger charge is -2.01. The number of hydrogen-bond donors (Lipinski definition) is 1. The van der Waals surface area contributed by atoms with Gasteiger partial charge in [-0.1, -0.05) is 11.6 Å². The molecule has 58 valence electrons. The Labute approximate surface area is 78.1 Å². The second-order valence-electron chi connectivity index (χ2n) is 2.42. The number of halogens is 2. The molecule has 2 rings (SSSR count). The largest absolute Gasteiger partial charge is 0.369 e. The highest BCUT2D eigenvalue weighted by molar-refractivity contribution is 9.10. The summed E-state index contributed by atoms with van der Waals surface area (Å²) in [7, 11) is 0. The second kappa shape index (κ2) is 2.64. The molecule has 0 unspecified atom stereocenters. The molecule has 0 spiro atoms. The van der Waals surface area contributed by atoms with Crippen LogP contribution >= 0.6 is 27.5 Å². The number of anilines is 1. The maximum Gasteiger partial charge on any atom is 0.130 e. The van der Waals surface area contributed by atoms with Crippen molar-refractivity contribution in [2.45, 2.75) is 6.42 Å². The van der Waals surface area contributed by atoms with Crippen LogP contribution in [-0.2, 0) is 6.42 Å².